The zero-order chi connectivity index (χ0) is 15.9. The van der Waals surface area contributed by atoms with Crippen molar-refractivity contribution in [2.45, 2.75) is 0 Å². The fraction of sp³-hybridized carbons (Fsp3) is 0.118. The Morgan fingerprint density at radius 2 is 1.82 bits per heavy atom. The van der Waals surface area contributed by atoms with E-state index in [0.717, 1.165) is 5.56 Å². The molecule has 0 unspecified atom stereocenters. The molecule has 0 heterocycles. The summed E-state index contributed by atoms with van der Waals surface area (Å²) in [5.41, 5.74) is 1.34. The molecule has 2 N–H and O–H groups in total. The Balaban J connectivity index is 2.11. The molecule has 2 aromatic carbocycles. The van der Waals surface area contributed by atoms with Crippen LogP contribution >= 0.6 is 0 Å². The van der Waals surface area contributed by atoms with Gasteiger partial charge >= 0.3 is 0 Å². The third-order valence-electron chi connectivity index (χ3n) is 2.98. The van der Waals surface area contributed by atoms with Gasteiger partial charge in [-0.15, -0.1) is 0 Å². The maximum Gasteiger partial charge on any atom is 0.248 e. The second-order valence-corrected chi connectivity index (χ2v) is 4.45. The van der Waals surface area contributed by atoms with Crippen LogP contribution in [0.4, 0.5) is 5.69 Å². The third kappa shape index (κ3) is 3.79. The first-order valence-electron chi connectivity index (χ1n) is 6.63. The van der Waals surface area contributed by atoms with Crippen molar-refractivity contribution in [1.29, 1.82) is 0 Å². The number of ether oxygens (including phenoxy) is 2. The van der Waals surface area contributed by atoms with Gasteiger partial charge in [0.2, 0.25) is 5.91 Å². The summed E-state index contributed by atoms with van der Waals surface area (Å²) < 4.78 is 10.5. The minimum absolute atomic E-state index is 0.148. The van der Waals surface area contributed by atoms with Crippen molar-refractivity contribution < 1.29 is 19.4 Å². The second kappa shape index (κ2) is 7.17. The Labute approximate surface area is 128 Å². The predicted molar refractivity (Wildman–Crippen MR) is 85.3 cm³/mol. The van der Waals surface area contributed by atoms with E-state index < -0.39 is 0 Å². The van der Waals surface area contributed by atoms with Gasteiger partial charge in [0.1, 0.15) is 5.75 Å². The Morgan fingerprint density at radius 1 is 1.09 bits per heavy atom. The molecule has 22 heavy (non-hydrogen) atoms. The van der Waals surface area contributed by atoms with Gasteiger partial charge in [-0.1, -0.05) is 12.1 Å². The molecule has 0 bridgehead atoms. The summed E-state index contributed by atoms with van der Waals surface area (Å²) in [5.74, 6) is 1.03. The maximum atomic E-state index is 11.9. The molecule has 0 saturated heterocycles. The number of aromatic hydroxyl groups is 1. The van der Waals surface area contributed by atoms with Crippen LogP contribution in [-0.2, 0) is 4.79 Å². The smallest absolute Gasteiger partial charge is 0.248 e. The number of phenols is 1. The van der Waals surface area contributed by atoms with E-state index in [1.807, 2.05) is 12.1 Å². The topological polar surface area (TPSA) is 67.8 Å². The molecule has 0 spiro atoms. The van der Waals surface area contributed by atoms with Crippen molar-refractivity contribution >= 4 is 17.7 Å². The molecule has 0 fully saturated rings. The van der Waals surface area contributed by atoms with Crippen LogP contribution in [-0.4, -0.2) is 25.2 Å². The van der Waals surface area contributed by atoms with Gasteiger partial charge in [0.25, 0.3) is 0 Å². The van der Waals surface area contributed by atoms with Crippen molar-refractivity contribution in [1.82, 2.24) is 0 Å². The molecule has 5 heteroatoms. The van der Waals surface area contributed by atoms with Gasteiger partial charge in [-0.05, 0) is 36.4 Å². The summed E-state index contributed by atoms with van der Waals surface area (Å²) in [4.78, 5) is 11.9. The number of carbonyl (C=O) groups excluding carboxylic acids is 1. The second-order valence-electron chi connectivity index (χ2n) is 4.45. The molecular formula is C17H17NO4. The molecule has 0 aliphatic heterocycles. The minimum Gasteiger partial charge on any atom is -0.508 e. The lowest BCUT2D eigenvalue weighted by Gasteiger charge is -2.09. The number of amides is 1. The predicted octanol–water partition coefficient (Wildman–Crippen LogP) is 3.06. The van der Waals surface area contributed by atoms with Gasteiger partial charge in [-0.25, -0.2) is 0 Å². The molecule has 114 valence electrons. The van der Waals surface area contributed by atoms with E-state index in [2.05, 4.69) is 5.32 Å². The third-order valence-corrected chi connectivity index (χ3v) is 2.98. The standard InChI is InChI=1S/C17H17NO4/c1-21-15-5-3-4-12(17(15)22-2)6-11-16(20)18-13-7-9-14(19)10-8-13/h3-11,19H,1-2H3,(H,18,20)/b11-6+. The lowest BCUT2D eigenvalue weighted by Crippen LogP contribution is -2.07. The van der Waals surface area contributed by atoms with Crippen LogP contribution in [0.25, 0.3) is 6.08 Å². The van der Waals surface area contributed by atoms with Gasteiger partial charge in [-0.3, -0.25) is 4.79 Å². The summed E-state index contributed by atoms with van der Waals surface area (Å²) in [7, 11) is 3.11. The Hall–Kier alpha value is -2.95. The van der Waals surface area contributed by atoms with Crippen LogP contribution < -0.4 is 14.8 Å². The Kier molecular flexibility index (Phi) is 5.03. The van der Waals surface area contributed by atoms with E-state index in [0.29, 0.717) is 17.2 Å². The molecule has 5 nitrogen and oxygen atoms in total. The maximum absolute atomic E-state index is 11.9. The molecular weight excluding hydrogens is 282 g/mol. The first-order valence-corrected chi connectivity index (χ1v) is 6.63. The van der Waals surface area contributed by atoms with E-state index in [9.17, 15) is 9.90 Å². The first-order chi connectivity index (χ1) is 10.6. The van der Waals surface area contributed by atoms with Crippen molar-refractivity contribution in [3.8, 4) is 17.2 Å². The van der Waals surface area contributed by atoms with Crippen LogP contribution in [0.3, 0.4) is 0 Å². The summed E-state index contributed by atoms with van der Waals surface area (Å²) >= 11 is 0. The fourth-order valence-corrected chi connectivity index (χ4v) is 1.94. The zero-order valence-electron chi connectivity index (χ0n) is 12.4. The molecule has 0 saturated carbocycles. The van der Waals surface area contributed by atoms with Gasteiger partial charge in [0.15, 0.2) is 11.5 Å². The van der Waals surface area contributed by atoms with Crippen LogP contribution in [0.5, 0.6) is 17.2 Å². The normalized spacial score (nSPS) is 10.5. The number of rotatable bonds is 5. The summed E-state index contributed by atoms with van der Waals surface area (Å²) in [5, 5.41) is 11.9. The van der Waals surface area contributed by atoms with Crippen molar-refractivity contribution in [3.63, 3.8) is 0 Å². The number of hydrogen-bond donors (Lipinski definition) is 2. The highest BCUT2D eigenvalue weighted by molar-refractivity contribution is 6.02. The minimum atomic E-state index is -0.282. The van der Waals surface area contributed by atoms with E-state index in [4.69, 9.17) is 9.47 Å². The molecule has 1 amide bonds. The number of para-hydroxylation sites is 1. The molecule has 0 atom stereocenters. The summed E-state index contributed by atoms with van der Waals surface area (Å²) in [6.45, 7) is 0. The number of anilines is 1. The van der Waals surface area contributed by atoms with E-state index in [1.165, 1.54) is 18.2 Å². The van der Waals surface area contributed by atoms with Gasteiger partial charge in [0.05, 0.1) is 14.2 Å². The highest BCUT2D eigenvalue weighted by atomic mass is 16.5. The highest BCUT2D eigenvalue weighted by Crippen LogP contribution is 2.31. The van der Waals surface area contributed by atoms with E-state index >= 15 is 0 Å². The number of methoxy groups -OCH3 is 2. The lowest BCUT2D eigenvalue weighted by atomic mass is 10.1. The Bertz CT molecular complexity index is 678. The van der Waals surface area contributed by atoms with Gasteiger partial charge < -0.3 is 19.9 Å². The fourth-order valence-electron chi connectivity index (χ4n) is 1.94. The summed E-state index contributed by atoms with van der Waals surface area (Å²) in [6.07, 6.45) is 3.06. The molecule has 2 aromatic rings. The van der Waals surface area contributed by atoms with E-state index in [-0.39, 0.29) is 11.7 Å². The van der Waals surface area contributed by atoms with Crippen molar-refractivity contribution in [2.24, 2.45) is 0 Å². The molecule has 0 aliphatic carbocycles. The quantitative estimate of drug-likeness (QED) is 0.657. The van der Waals surface area contributed by atoms with Crippen molar-refractivity contribution in [2.75, 3.05) is 19.5 Å². The number of benzene rings is 2. The SMILES string of the molecule is COc1cccc(/C=C/C(=O)Nc2ccc(O)cc2)c1OC. The van der Waals surface area contributed by atoms with Gasteiger partial charge in [-0.2, -0.15) is 0 Å². The average Bonchev–Trinajstić information content (AvgIpc) is 2.54. The van der Waals surface area contributed by atoms with Crippen LogP contribution in [0, 0.1) is 0 Å². The first kappa shape index (κ1) is 15.4. The molecule has 0 radical (unpaired) electrons. The highest BCUT2D eigenvalue weighted by Gasteiger charge is 2.07. The number of carbonyl (C=O) groups is 1. The van der Waals surface area contributed by atoms with Crippen molar-refractivity contribution in [3.05, 3.63) is 54.1 Å². The number of phenolic OH excluding ortho intramolecular Hbond substituents is 1. The van der Waals surface area contributed by atoms with Gasteiger partial charge in [0, 0.05) is 17.3 Å². The van der Waals surface area contributed by atoms with Crippen LogP contribution in [0.1, 0.15) is 5.56 Å². The molecule has 0 aliphatic rings. The monoisotopic (exact) mass is 299 g/mol. The zero-order valence-corrected chi connectivity index (χ0v) is 12.4. The largest absolute Gasteiger partial charge is 0.508 e. The van der Waals surface area contributed by atoms with Crippen LogP contribution in [0.15, 0.2) is 48.5 Å². The molecule has 0 aromatic heterocycles. The average molecular weight is 299 g/mol. The summed E-state index contributed by atoms with van der Waals surface area (Å²) in [6, 6.07) is 11.7. The van der Waals surface area contributed by atoms with E-state index in [1.54, 1.807) is 38.5 Å². The lowest BCUT2D eigenvalue weighted by molar-refractivity contribution is -0.111. The number of nitrogens with one attached hydrogen (secondary N) is 1. The number of hydrogen-bond acceptors (Lipinski definition) is 4. The molecule has 2 rings (SSSR count). The van der Waals surface area contributed by atoms with Crippen LogP contribution in [0.2, 0.25) is 0 Å². The Morgan fingerprint density at radius 3 is 2.45 bits per heavy atom.